The summed E-state index contributed by atoms with van der Waals surface area (Å²) in [5.41, 5.74) is 4.82. The van der Waals surface area contributed by atoms with Gasteiger partial charge in [-0.1, -0.05) is 67.6 Å². The molecule has 4 rings (SSSR count). The molecular formula is C32H34N3O4+. The summed E-state index contributed by atoms with van der Waals surface area (Å²) in [5, 5.41) is 5.77. The molecule has 1 heterocycles. The van der Waals surface area contributed by atoms with Gasteiger partial charge in [-0.15, -0.1) is 0 Å². The molecule has 2 N–H and O–H groups in total. The van der Waals surface area contributed by atoms with Gasteiger partial charge in [-0.3, -0.25) is 4.79 Å². The number of rotatable bonds is 11. The van der Waals surface area contributed by atoms with Crippen molar-refractivity contribution in [2.45, 2.75) is 33.5 Å². The van der Waals surface area contributed by atoms with Crippen molar-refractivity contribution in [2.24, 2.45) is 5.92 Å². The first-order valence-corrected chi connectivity index (χ1v) is 13.0. The minimum Gasteiger partial charge on any atom is -0.488 e. The molecule has 2 amide bonds. The van der Waals surface area contributed by atoms with Gasteiger partial charge in [0.1, 0.15) is 12.4 Å². The van der Waals surface area contributed by atoms with E-state index in [-0.39, 0.29) is 17.9 Å². The summed E-state index contributed by atoms with van der Waals surface area (Å²) in [4.78, 5) is 23.5. The van der Waals surface area contributed by atoms with Crippen molar-refractivity contribution in [3.05, 3.63) is 115 Å². The van der Waals surface area contributed by atoms with Crippen LogP contribution >= 0.6 is 0 Å². The molecule has 0 radical (unpaired) electrons. The first-order chi connectivity index (χ1) is 19.0. The van der Waals surface area contributed by atoms with Gasteiger partial charge in [0, 0.05) is 35.7 Å². The number of carbonyl (C=O) groups excluding carboxylic acids is 2. The predicted molar refractivity (Wildman–Crippen MR) is 151 cm³/mol. The van der Waals surface area contributed by atoms with Gasteiger partial charge in [0.15, 0.2) is 18.9 Å². The van der Waals surface area contributed by atoms with Gasteiger partial charge in [0.2, 0.25) is 0 Å². The molecule has 0 aliphatic heterocycles. The molecular weight excluding hydrogens is 490 g/mol. The number of carbonyl (C=O) groups is 2. The lowest BCUT2D eigenvalue weighted by Gasteiger charge is -2.12. The molecule has 0 saturated carbocycles. The molecule has 0 fully saturated rings. The van der Waals surface area contributed by atoms with Crippen LogP contribution in [0.4, 0.5) is 10.5 Å². The van der Waals surface area contributed by atoms with E-state index in [1.807, 2.05) is 96.7 Å². The number of esters is 1. The number of amides is 2. The van der Waals surface area contributed by atoms with Crippen LogP contribution in [0.15, 0.2) is 103 Å². The van der Waals surface area contributed by atoms with E-state index in [1.54, 1.807) is 0 Å². The maximum Gasteiger partial charge on any atom is 0.319 e. The highest BCUT2D eigenvalue weighted by molar-refractivity contribution is 5.89. The number of para-hydroxylation sites is 1. The Kier molecular flexibility index (Phi) is 9.67. The van der Waals surface area contributed by atoms with E-state index in [1.165, 1.54) is 6.92 Å². The molecule has 4 aromatic rings. The second-order valence-corrected chi connectivity index (χ2v) is 9.47. The zero-order chi connectivity index (χ0) is 27.5. The highest BCUT2D eigenvalue weighted by atomic mass is 16.5. The number of aromatic nitrogens is 1. The highest BCUT2D eigenvalue weighted by Crippen LogP contribution is 2.30. The van der Waals surface area contributed by atoms with E-state index in [0.29, 0.717) is 32.0 Å². The molecule has 0 bridgehead atoms. The van der Waals surface area contributed by atoms with Crippen molar-refractivity contribution >= 4 is 17.7 Å². The summed E-state index contributed by atoms with van der Waals surface area (Å²) in [6, 6.07) is 29.4. The quantitative estimate of drug-likeness (QED) is 0.194. The number of benzene rings is 3. The third kappa shape index (κ3) is 8.71. The van der Waals surface area contributed by atoms with Gasteiger partial charge >= 0.3 is 12.0 Å². The van der Waals surface area contributed by atoms with Crippen LogP contribution in [0, 0.1) is 5.92 Å². The number of hydrogen-bond donors (Lipinski definition) is 2. The van der Waals surface area contributed by atoms with Crippen LogP contribution in [0.1, 0.15) is 25.0 Å². The third-order valence-corrected chi connectivity index (χ3v) is 6.04. The zero-order valence-electron chi connectivity index (χ0n) is 22.3. The van der Waals surface area contributed by atoms with Crippen LogP contribution < -0.4 is 19.9 Å². The zero-order valence-corrected chi connectivity index (χ0v) is 22.3. The first-order valence-electron chi connectivity index (χ1n) is 13.0. The molecule has 3 aromatic carbocycles. The van der Waals surface area contributed by atoms with Crippen molar-refractivity contribution in [3.8, 4) is 16.9 Å². The average molecular weight is 525 g/mol. The van der Waals surface area contributed by atoms with Gasteiger partial charge < -0.3 is 20.1 Å². The van der Waals surface area contributed by atoms with Gasteiger partial charge in [0.25, 0.3) is 0 Å². The Hall–Kier alpha value is -4.65. The minimum atomic E-state index is -0.283. The lowest BCUT2D eigenvalue weighted by Crippen LogP contribution is -2.38. The van der Waals surface area contributed by atoms with Gasteiger partial charge in [-0.25, -0.2) is 9.36 Å². The number of nitrogens with zero attached hydrogens (tertiary/aromatic N) is 1. The Labute approximate surface area is 229 Å². The Morgan fingerprint density at radius 2 is 1.62 bits per heavy atom. The summed E-state index contributed by atoms with van der Waals surface area (Å²) >= 11 is 0. The number of urea groups is 1. The standard InChI is InChI=1S/C32H33N3O4/c1-24(22-38-25(2)36)20-35-18-8-9-27(21-35)19-33-32(37)34-29-16-14-26(15-17-29)23-39-31-13-7-6-12-30(31)28-10-4-3-5-11-28/h3-18,21,24H,19-20,22-23H2,1-2H3,(H-,33,34,37)/p+1. The second-order valence-electron chi connectivity index (χ2n) is 9.47. The van der Waals surface area contributed by atoms with Crippen LogP contribution in [0.2, 0.25) is 0 Å². The van der Waals surface area contributed by atoms with E-state index in [0.717, 1.165) is 28.0 Å². The molecule has 0 spiro atoms. The van der Waals surface area contributed by atoms with Crippen LogP contribution in [0.25, 0.3) is 11.1 Å². The molecule has 1 aromatic heterocycles. The second kappa shape index (κ2) is 13.8. The van der Waals surface area contributed by atoms with E-state index in [2.05, 4.69) is 28.8 Å². The Bertz CT molecular complexity index is 1370. The summed E-state index contributed by atoms with van der Waals surface area (Å²) in [7, 11) is 0. The van der Waals surface area contributed by atoms with Gasteiger partial charge in [0.05, 0.1) is 13.2 Å². The van der Waals surface area contributed by atoms with Crippen molar-refractivity contribution in [3.63, 3.8) is 0 Å². The maximum atomic E-state index is 12.5. The molecule has 0 aliphatic carbocycles. The summed E-state index contributed by atoms with van der Waals surface area (Å²) in [6.45, 7) is 5.32. The molecule has 0 saturated heterocycles. The monoisotopic (exact) mass is 524 g/mol. The van der Waals surface area contributed by atoms with Crippen LogP contribution in [-0.4, -0.2) is 18.6 Å². The van der Waals surface area contributed by atoms with Crippen LogP contribution in [0.5, 0.6) is 5.75 Å². The molecule has 7 nitrogen and oxygen atoms in total. The summed E-state index contributed by atoms with van der Waals surface area (Å²) < 4.78 is 13.2. The Balaban J connectivity index is 1.25. The third-order valence-electron chi connectivity index (χ3n) is 6.04. The summed E-state index contributed by atoms with van der Waals surface area (Å²) in [5.74, 6) is 0.729. The maximum absolute atomic E-state index is 12.5. The number of pyridine rings is 1. The van der Waals surface area contributed by atoms with Gasteiger partial charge in [-0.2, -0.15) is 0 Å². The summed E-state index contributed by atoms with van der Waals surface area (Å²) in [6.07, 6.45) is 3.94. The van der Waals surface area contributed by atoms with Crippen molar-refractivity contribution in [1.29, 1.82) is 0 Å². The van der Waals surface area contributed by atoms with Crippen LogP contribution in [0.3, 0.4) is 0 Å². The van der Waals surface area contributed by atoms with Gasteiger partial charge in [-0.05, 0) is 35.4 Å². The van der Waals surface area contributed by atoms with E-state index in [4.69, 9.17) is 9.47 Å². The number of anilines is 1. The molecule has 39 heavy (non-hydrogen) atoms. The molecule has 7 heteroatoms. The van der Waals surface area contributed by atoms with Crippen molar-refractivity contribution in [2.75, 3.05) is 11.9 Å². The van der Waals surface area contributed by atoms with Crippen molar-refractivity contribution < 1.29 is 23.6 Å². The SMILES string of the molecule is CC(=O)OCC(C)C[n+]1cccc(CNC(=O)Nc2ccc(COc3ccccc3-c3ccccc3)cc2)c1. The van der Waals surface area contributed by atoms with Crippen LogP contribution in [-0.2, 0) is 29.2 Å². The predicted octanol–water partition coefficient (Wildman–Crippen LogP) is 5.74. The highest BCUT2D eigenvalue weighted by Gasteiger charge is 2.12. The Morgan fingerprint density at radius 1 is 0.872 bits per heavy atom. The average Bonchev–Trinajstić information content (AvgIpc) is 2.95. The molecule has 1 unspecified atom stereocenters. The normalized spacial score (nSPS) is 11.3. The topological polar surface area (TPSA) is 80.5 Å². The minimum absolute atomic E-state index is 0.178. The number of hydrogen-bond acceptors (Lipinski definition) is 4. The van der Waals surface area contributed by atoms with E-state index >= 15 is 0 Å². The van der Waals surface area contributed by atoms with E-state index in [9.17, 15) is 9.59 Å². The number of ether oxygens (including phenoxy) is 2. The lowest BCUT2D eigenvalue weighted by atomic mass is 10.0. The fourth-order valence-electron chi connectivity index (χ4n) is 4.12. The van der Waals surface area contributed by atoms with Crippen molar-refractivity contribution in [1.82, 2.24) is 5.32 Å². The molecule has 200 valence electrons. The largest absolute Gasteiger partial charge is 0.488 e. The first kappa shape index (κ1) is 27.4. The fourth-order valence-corrected chi connectivity index (χ4v) is 4.12. The van der Waals surface area contributed by atoms with E-state index < -0.39 is 0 Å². The Morgan fingerprint density at radius 3 is 2.38 bits per heavy atom. The smallest absolute Gasteiger partial charge is 0.319 e. The molecule has 0 aliphatic rings. The number of nitrogens with one attached hydrogen (secondary N) is 2. The lowest BCUT2D eigenvalue weighted by molar-refractivity contribution is -0.703. The molecule has 1 atom stereocenters. The fraction of sp³-hybridized carbons (Fsp3) is 0.219.